The van der Waals surface area contributed by atoms with Gasteiger partial charge in [0, 0.05) is 0 Å². The first-order chi connectivity index (χ1) is 5.06. The van der Waals surface area contributed by atoms with Gasteiger partial charge in [-0.25, -0.2) is 0 Å². The number of unbranched alkanes of at least 4 members (excludes halogenated alkanes) is 2. The molecule has 0 N–H and O–H groups in total. The number of rotatable bonds is 5. The fraction of sp³-hybridized carbons (Fsp3) is 0.800. The number of hydrogen-bond donors (Lipinski definition) is 0. The van der Waals surface area contributed by atoms with E-state index in [-0.39, 0.29) is 12.4 Å². The Balaban J connectivity index is 0. The van der Waals surface area contributed by atoms with Gasteiger partial charge >= 0.3 is 0 Å². The van der Waals surface area contributed by atoms with Crippen LogP contribution < -0.4 is 12.4 Å². The molecule has 0 saturated heterocycles. The number of nitrogens with zero attached hydrogens (tertiary/aromatic N) is 1. The molecular formula is C10H22ClN. The SMILES string of the molecule is CCCCC=CC[N+](C)(C)C.[Cl-]. The highest BCUT2D eigenvalue weighted by Crippen LogP contribution is 1.96. The van der Waals surface area contributed by atoms with E-state index in [1.807, 2.05) is 0 Å². The van der Waals surface area contributed by atoms with Crippen molar-refractivity contribution in [2.24, 2.45) is 0 Å². The van der Waals surface area contributed by atoms with Crippen LogP contribution in [0.1, 0.15) is 26.2 Å². The second-order valence-electron chi connectivity index (χ2n) is 4.09. The first-order valence-electron chi connectivity index (χ1n) is 4.51. The molecule has 0 unspecified atom stereocenters. The van der Waals surface area contributed by atoms with E-state index >= 15 is 0 Å². The maximum atomic E-state index is 2.30. The van der Waals surface area contributed by atoms with E-state index in [9.17, 15) is 0 Å². The Morgan fingerprint density at radius 1 is 1.08 bits per heavy atom. The van der Waals surface area contributed by atoms with Crippen molar-refractivity contribution in [2.45, 2.75) is 26.2 Å². The number of likely N-dealkylation sites (N-methyl/N-ethyl adjacent to an activating group) is 1. The largest absolute Gasteiger partial charge is 1.00 e. The van der Waals surface area contributed by atoms with E-state index in [4.69, 9.17) is 0 Å². The monoisotopic (exact) mass is 191 g/mol. The van der Waals surface area contributed by atoms with E-state index in [2.05, 4.69) is 40.2 Å². The summed E-state index contributed by atoms with van der Waals surface area (Å²) in [7, 11) is 6.64. The molecule has 1 nitrogen and oxygen atoms in total. The van der Waals surface area contributed by atoms with Crippen molar-refractivity contribution in [1.29, 1.82) is 0 Å². The minimum atomic E-state index is 0. The molecule has 0 aliphatic carbocycles. The number of hydrogen-bond acceptors (Lipinski definition) is 0. The van der Waals surface area contributed by atoms with Gasteiger partial charge in [-0.1, -0.05) is 25.8 Å². The van der Waals surface area contributed by atoms with Crippen molar-refractivity contribution in [3.63, 3.8) is 0 Å². The summed E-state index contributed by atoms with van der Waals surface area (Å²) in [6.07, 6.45) is 8.46. The highest BCUT2D eigenvalue weighted by atomic mass is 35.5. The van der Waals surface area contributed by atoms with Crippen molar-refractivity contribution in [2.75, 3.05) is 27.7 Å². The Kier molecular flexibility index (Phi) is 9.23. The van der Waals surface area contributed by atoms with E-state index in [1.54, 1.807) is 0 Å². The van der Waals surface area contributed by atoms with Crippen molar-refractivity contribution in [3.05, 3.63) is 12.2 Å². The molecule has 0 saturated carbocycles. The van der Waals surface area contributed by atoms with Crippen LogP contribution in [-0.2, 0) is 0 Å². The van der Waals surface area contributed by atoms with Gasteiger partial charge in [-0.2, -0.15) is 0 Å². The fourth-order valence-electron chi connectivity index (χ4n) is 0.831. The molecule has 0 spiro atoms. The van der Waals surface area contributed by atoms with E-state index in [1.165, 1.54) is 19.3 Å². The highest BCUT2D eigenvalue weighted by Gasteiger charge is 2.00. The summed E-state index contributed by atoms with van der Waals surface area (Å²) in [5, 5.41) is 0. The quantitative estimate of drug-likeness (QED) is 0.311. The normalized spacial score (nSPS) is 11.7. The molecule has 2 heteroatoms. The summed E-state index contributed by atoms with van der Waals surface area (Å²) < 4.78 is 1.03. The molecule has 0 rings (SSSR count). The number of quaternary nitrogens is 1. The summed E-state index contributed by atoms with van der Waals surface area (Å²) in [6.45, 7) is 3.37. The highest BCUT2D eigenvalue weighted by molar-refractivity contribution is 4.80. The molecule has 0 heterocycles. The predicted molar refractivity (Wildman–Crippen MR) is 51.6 cm³/mol. The van der Waals surface area contributed by atoms with Crippen LogP contribution in [0.4, 0.5) is 0 Å². The molecule has 0 aromatic carbocycles. The first-order valence-corrected chi connectivity index (χ1v) is 4.51. The van der Waals surface area contributed by atoms with Gasteiger partial charge in [-0.3, -0.25) is 0 Å². The van der Waals surface area contributed by atoms with Gasteiger partial charge in [0.05, 0.1) is 27.7 Å². The lowest BCUT2D eigenvalue weighted by Gasteiger charge is -2.21. The molecule has 0 amide bonds. The van der Waals surface area contributed by atoms with Crippen LogP contribution in [0.3, 0.4) is 0 Å². The van der Waals surface area contributed by atoms with Gasteiger partial charge in [-0.05, 0) is 12.5 Å². The van der Waals surface area contributed by atoms with Gasteiger partial charge < -0.3 is 16.9 Å². The third-order valence-electron chi connectivity index (χ3n) is 1.54. The van der Waals surface area contributed by atoms with E-state index < -0.39 is 0 Å². The van der Waals surface area contributed by atoms with Crippen LogP contribution in [0.25, 0.3) is 0 Å². The molecule has 0 atom stereocenters. The van der Waals surface area contributed by atoms with Crippen LogP contribution in [0.2, 0.25) is 0 Å². The molecule has 12 heavy (non-hydrogen) atoms. The summed E-state index contributed by atoms with van der Waals surface area (Å²) >= 11 is 0. The third-order valence-corrected chi connectivity index (χ3v) is 1.54. The predicted octanol–water partition coefficient (Wildman–Crippen LogP) is -0.557. The molecule has 0 aliphatic heterocycles. The average Bonchev–Trinajstić information content (AvgIpc) is 1.85. The van der Waals surface area contributed by atoms with Crippen molar-refractivity contribution < 1.29 is 16.9 Å². The Bertz CT molecular complexity index is 113. The molecule has 0 bridgehead atoms. The Labute approximate surface area is 83.5 Å². The van der Waals surface area contributed by atoms with Crippen LogP contribution in [0, 0.1) is 0 Å². The molecule has 74 valence electrons. The lowest BCUT2D eigenvalue weighted by molar-refractivity contribution is -0.864. The molecule has 0 aromatic heterocycles. The molecule has 0 aliphatic rings. The van der Waals surface area contributed by atoms with Crippen LogP contribution in [-0.4, -0.2) is 32.2 Å². The van der Waals surface area contributed by atoms with Crippen molar-refractivity contribution in [1.82, 2.24) is 0 Å². The third kappa shape index (κ3) is 12.6. The zero-order valence-corrected chi connectivity index (χ0v) is 9.56. The summed E-state index contributed by atoms with van der Waals surface area (Å²) in [6, 6.07) is 0. The molecule has 0 radical (unpaired) electrons. The van der Waals surface area contributed by atoms with Gasteiger partial charge in [0.15, 0.2) is 0 Å². The minimum Gasteiger partial charge on any atom is -1.00 e. The average molecular weight is 192 g/mol. The molecule has 0 aromatic rings. The lowest BCUT2D eigenvalue weighted by atomic mass is 10.2. The summed E-state index contributed by atoms with van der Waals surface area (Å²) in [5.41, 5.74) is 0. The second-order valence-corrected chi connectivity index (χ2v) is 4.09. The van der Waals surface area contributed by atoms with E-state index in [0.717, 1.165) is 11.0 Å². The fourth-order valence-corrected chi connectivity index (χ4v) is 0.831. The Morgan fingerprint density at radius 3 is 2.08 bits per heavy atom. The van der Waals surface area contributed by atoms with Crippen LogP contribution in [0.15, 0.2) is 12.2 Å². The summed E-state index contributed by atoms with van der Waals surface area (Å²) in [4.78, 5) is 0. The number of halogens is 1. The maximum Gasteiger partial charge on any atom is 0.0967 e. The second kappa shape index (κ2) is 7.63. The van der Waals surface area contributed by atoms with Gasteiger partial charge in [-0.15, -0.1) is 0 Å². The standard InChI is InChI=1S/C10H22N.ClH/c1-5-6-7-8-9-10-11(2,3)4;/h8-9H,5-7,10H2,1-4H3;1H/q+1;/p-1. The van der Waals surface area contributed by atoms with Crippen LogP contribution >= 0.6 is 0 Å². The minimum absolute atomic E-state index is 0. The molecule has 0 fully saturated rings. The maximum absolute atomic E-state index is 2.30. The van der Waals surface area contributed by atoms with Gasteiger partial charge in [0.2, 0.25) is 0 Å². The smallest absolute Gasteiger partial charge is 0.0967 e. The van der Waals surface area contributed by atoms with E-state index in [0.29, 0.717) is 0 Å². The lowest BCUT2D eigenvalue weighted by Crippen LogP contribution is -3.00. The van der Waals surface area contributed by atoms with Gasteiger partial charge in [0.25, 0.3) is 0 Å². The van der Waals surface area contributed by atoms with Crippen molar-refractivity contribution >= 4 is 0 Å². The topological polar surface area (TPSA) is 0 Å². The van der Waals surface area contributed by atoms with Crippen LogP contribution in [0.5, 0.6) is 0 Å². The van der Waals surface area contributed by atoms with Gasteiger partial charge in [0.1, 0.15) is 0 Å². The summed E-state index contributed by atoms with van der Waals surface area (Å²) in [5.74, 6) is 0. The Hall–Kier alpha value is -0.0100. The Morgan fingerprint density at radius 2 is 1.67 bits per heavy atom. The zero-order chi connectivity index (χ0) is 8.74. The zero-order valence-electron chi connectivity index (χ0n) is 8.81. The number of allylic oxidation sites excluding steroid dienone is 1. The van der Waals surface area contributed by atoms with Crippen molar-refractivity contribution in [3.8, 4) is 0 Å². The molecular weight excluding hydrogens is 170 g/mol. The first kappa shape index (κ1) is 14.5.